The fraction of sp³-hybridized carbons (Fsp3) is 0.467. The SMILES string of the molecule is Cn1c(SCCOc2ccccc2Cl)nnc1C1CCS(=O)(=O)C1. The molecule has 1 aromatic heterocycles. The Balaban J connectivity index is 1.54. The van der Waals surface area contributed by atoms with E-state index in [9.17, 15) is 8.42 Å². The van der Waals surface area contributed by atoms with Gasteiger partial charge in [0.25, 0.3) is 0 Å². The van der Waals surface area contributed by atoms with E-state index in [-0.39, 0.29) is 17.4 Å². The Bertz CT molecular complexity index is 823. The molecule has 3 rings (SSSR count). The van der Waals surface area contributed by atoms with Crippen LogP contribution in [0.25, 0.3) is 0 Å². The zero-order valence-electron chi connectivity index (χ0n) is 13.2. The second-order valence-corrected chi connectivity index (χ2v) is 9.33. The molecule has 2 heterocycles. The number of hydrogen-bond donors (Lipinski definition) is 0. The molecule has 1 saturated heterocycles. The molecule has 130 valence electrons. The number of ether oxygens (including phenoxy) is 1. The Morgan fingerprint density at radius 3 is 2.88 bits per heavy atom. The number of sulfone groups is 1. The number of hydrogen-bond acceptors (Lipinski definition) is 6. The van der Waals surface area contributed by atoms with Gasteiger partial charge in [0, 0.05) is 18.7 Å². The van der Waals surface area contributed by atoms with E-state index in [1.165, 1.54) is 11.8 Å². The summed E-state index contributed by atoms with van der Waals surface area (Å²) >= 11 is 7.56. The third-order valence-corrected chi connectivity index (χ3v) is 6.94. The molecule has 24 heavy (non-hydrogen) atoms. The van der Waals surface area contributed by atoms with E-state index in [0.717, 1.165) is 11.0 Å². The van der Waals surface area contributed by atoms with Crippen LogP contribution in [0.2, 0.25) is 5.02 Å². The normalized spacial score (nSPS) is 19.5. The van der Waals surface area contributed by atoms with Crippen LogP contribution in [0, 0.1) is 0 Å². The molecule has 2 aromatic rings. The summed E-state index contributed by atoms with van der Waals surface area (Å²) in [5.74, 6) is 2.44. The number of rotatable bonds is 6. The van der Waals surface area contributed by atoms with E-state index in [2.05, 4.69) is 10.2 Å². The average Bonchev–Trinajstić information content (AvgIpc) is 3.08. The molecule has 6 nitrogen and oxygen atoms in total. The van der Waals surface area contributed by atoms with Gasteiger partial charge in [0.1, 0.15) is 11.6 Å². The van der Waals surface area contributed by atoms with Crippen molar-refractivity contribution >= 4 is 33.2 Å². The number of benzene rings is 1. The highest BCUT2D eigenvalue weighted by molar-refractivity contribution is 7.99. The van der Waals surface area contributed by atoms with E-state index in [0.29, 0.717) is 29.6 Å². The maximum Gasteiger partial charge on any atom is 0.191 e. The van der Waals surface area contributed by atoms with Gasteiger partial charge in [-0.05, 0) is 18.6 Å². The van der Waals surface area contributed by atoms with E-state index >= 15 is 0 Å². The Morgan fingerprint density at radius 2 is 2.17 bits per heavy atom. The Kier molecular flexibility index (Phi) is 5.36. The Labute approximate surface area is 150 Å². The van der Waals surface area contributed by atoms with Crippen LogP contribution in [0.15, 0.2) is 29.4 Å². The molecule has 1 aliphatic heterocycles. The highest BCUT2D eigenvalue weighted by Gasteiger charge is 2.32. The molecule has 0 spiro atoms. The quantitative estimate of drug-likeness (QED) is 0.560. The van der Waals surface area contributed by atoms with E-state index in [1.54, 1.807) is 6.07 Å². The molecule has 1 unspecified atom stereocenters. The fourth-order valence-electron chi connectivity index (χ4n) is 2.65. The lowest BCUT2D eigenvalue weighted by molar-refractivity contribution is 0.344. The minimum absolute atomic E-state index is 0.0544. The Hall–Kier alpha value is -1.25. The average molecular weight is 388 g/mol. The number of para-hydroxylation sites is 1. The van der Waals surface area contributed by atoms with Crippen LogP contribution in [0.5, 0.6) is 5.75 Å². The predicted molar refractivity (Wildman–Crippen MR) is 94.7 cm³/mol. The van der Waals surface area contributed by atoms with Crippen molar-refractivity contribution < 1.29 is 13.2 Å². The maximum atomic E-state index is 11.6. The minimum Gasteiger partial charge on any atom is -0.491 e. The van der Waals surface area contributed by atoms with Crippen LogP contribution < -0.4 is 4.74 Å². The molecule has 1 atom stereocenters. The van der Waals surface area contributed by atoms with Crippen LogP contribution in [-0.2, 0) is 16.9 Å². The standard InChI is InChI=1S/C15H18ClN3O3S2/c1-19-14(11-6-9-24(20,21)10-11)17-18-15(19)23-8-7-22-13-5-3-2-4-12(13)16/h2-5,11H,6-10H2,1H3. The monoisotopic (exact) mass is 387 g/mol. The van der Waals surface area contributed by atoms with Crippen molar-refractivity contribution in [2.24, 2.45) is 7.05 Å². The third-order valence-electron chi connectivity index (χ3n) is 3.87. The summed E-state index contributed by atoms with van der Waals surface area (Å²) < 4.78 is 30.8. The van der Waals surface area contributed by atoms with Crippen molar-refractivity contribution in [2.75, 3.05) is 23.9 Å². The van der Waals surface area contributed by atoms with Crippen LogP contribution in [0.1, 0.15) is 18.2 Å². The summed E-state index contributed by atoms with van der Waals surface area (Å²) in [6.45, 7) is 0.494. The van der Waals surface area contributed by atoms with Crippen molar-refractivity contribution in [2.45, 2.75) is 17.5 Å². The molecule has 0 radical (unpaired) electrons. The van der Waals surface area contributed by atoms with E-state index in [1.807, 2.05) is 29.8 Å². The molecule has 1 aliphatic rings. The van der Waals surface area contributed by atoms with Crippen LogP contribution in [0.4, 0.5) is 0 Å². The van der Waals surface area contributed by atoms with Crippen molar-refractivity contribution in [3.05, 3.63) is 35.1 Å². The summed E-state index contributed by atoms with van der Waals surface area (Å²) in [5, 5.41) is 9.70. The molecule has 1 fully saturated rings. The van der Waals surface area contributed by atoms with E-state index < -0.39 is 9.84 Å². The topological polar surface area (TPSA) is 74.1 Å². The van der Waals surface area contributed by atoms with Gasteiger partial charge in [-0.25, -0.2) is 8.42 Å². The maximum absolute atomic E-state index is 11.6. The predicted octanol–water partition coefficient (Wildman–Crippen LogP) is 2.54. The van der Waals surface area contributed by atoms with Gasteiger partial charge in [0.15, 0.2) is 15.0 Å². The second kappa shape index (κ2) is 7.33. The van der Waals surface area contributed by atoms with Crippen LogP contribution >= 0.6 is 23.4 Å². The number of aromatic nitrogens is 3. The Morgan fingerprint density at radius 1 is 1.38 bits per heavy atom. The third kappa shape index (κ3) is 4.04. The van der Waals surface area contributed by atoms with Crippen LogP contribution in [-0.4, -0.2) is 47.0 Å². The smallest absolute Gasteiger partial charge is 0.191 e. The number of thioether (sulfide) groups is 1. The highest BCUT2D eigenvalue weighted by atomic mass is 35.5. The van der Waals surface area contributed by atoms with Crippen LogP contribution in [0.3, 0.4) is 0 Å². The lowest BCUT2D eigenvalue weighted by Gasteiger charge is -2.09. The van der Waals surface area contributed by atoms with Gasteiger partial charge >= 0.3 is 0 Å². The van der Waals surface area contributed by atoms with Gasteiger partial charge in [-0.1, -0.05) is 35.5 Å². The molecular formula is C15H18ClN3O3S2. The first kappa shape index (κ1) is 17.6. The van der Waals surface area contributed by atoms with Gasteiger partial charge in [-0.15, -0.1) is 10.2 Å². The lowest BCUT2D eigenvalue weighted by Crippen LogP contribution is -2.09. The molecular weight excluding hydrogens is 370 g/mol. The van der Waals surface area contributed by atoms with Crippen molar-refractivity contribution in [1.29, 1.82) is 0 Å². The highest BCUT2D eigenvalue weighted by Crippen LogP contribution is 2.29. The largest absolute Gasteiger partial charge is 0.491 e. The molecule has 0 N–H and O–H groups in total. The summed E-state index contributed by atoms with van der Waals surface area (Å²) in [6, 6.07) is 7.34. The van der Waals surface area contributed by atoms with Gasteiger partial charge in [-0.2, -0.15) is 0 Å². The number of nitrogens with zero attached hydrogens (tertiary/aromatic N) is 3. The summed E-state index contributed by atoms with van der Waals surface area (Å²) in [6.07, 6.45) is 0.620. The lowest BCUT2D eigenvalue weighted by atomic mass is 10.1. The van der Waals surface area contributed by atoms with Crippen molar-refractivity contribution in [1.82, 2.24) is 14.8 Å². The van der Waals surface area contributed by atoms with Gasteiger partial charge in [0.05, 0.1) is 23.1 Å². The van der Waals surface area contributed by atoms with Gasteiger partial charge in [0.2, 0.25) is 0 Å². The summed E-state index contributed by atoms with van der Waals surface area (Å²) in [7, 11) is -1.05. The molecule has 1 aromatic carbocycles. The zero-order chi connectivity index (χ0) is 17.2. The molecule has 0 saturated carbocycles. The van der Waals surface area contributed by atoms with E-state index in [4.69, 9.17) is 16.3 Å². The first-order valence-electron chi connectivity index (χ1n) is 7.56. The summed E-state index contributed by atoms with van der Waals surface area (Å²) in [5.41, 5.74) is 0. The first-order valence-corrected chi connectivity index (χ1v) is 10.7. The fourth-order valence-corrected chi connectivity index (χ4v) is 5.32. The second-order valence-electron chi connectivity index (χ2n) is 5.63. The first-order chi connectivity index (χ1) is 11.5. The zero-order valence-corrected chi connectivity index (χ0v) is 15.6. The van der Waals surface area contributed by atoms with Crippen molar-refractivity contribution in [3.63, 3.8) is 0 Å². The molecule has 0 aliphatic carbocycles. The molecule has 0 amide bonds. The van der Waals surface area contributed by atoms with Crippen molar-refractivity contribution in [3.8, 4) is 5.75 Å². The van der Waals surface area contributed by atoms with Gasteiger partial charge < -0.3 is 9.30 Å². The molecule has 9 heteroatoms. The molecule has 0 bridgehead atoms. The minimum atomic E-state index is -2.93. The van der Waals surface area contributed by atoms with Gasteiger partial charge in [-0.3, -0.25) is 0 Å². The number of halogens is 1. The summed E-state index contributed by atoms with van der Waals surface area (Å²) in [4.78, 5) is 0.